The molecule has 3 rings (SSSR count). The van der Waals surface area contributed by atoms with Gasteiger partial charge in [0, 0.05) is 13.1 Å². The van der Waals surface area contributed by atoms with E-state index in [4.69, 9.17) is 4.74 Å². The van der Waals surface area contributed by atoms with Crippen molar-refractivity contribution < 1.29 is 22.7 Å². The smallest absolute Gasteiger partial charge is 0.243 e. The molecule has 8 nitrogen and oxygen atoms in total. The lowest BCUT2D eigenvalue weighted by Gasteiger charge is -2.31. The summed E-state index contributed by atoms with van der Waals surface area (Å²) < 4.78 is 32.1. The summed E-state index contributed by atoms with van der Waals surface area (Å²) in [5.74, 6) is -0.710. The molecule has 160 valence electrons. The van der Waals surface area contributed by atoms with Crippen molar-refractivity contribution in [2.75, 3.05) is 32.1 Å². The largest absolute Gasteiger partial charge is 0.495 e. The number of sulfonamides is 1. The molecule has 2 amide bonds. The molecule has 0 bridgehead atoms. The summed E-state index contributed by atoms with van der Waals surface area (Å²) in [6.07, 6.45) is 1.15. The van der Waals surface area contributed by atoms with Crippen molar-refractivity contribution in [1.82, 2.24) is 9.62 Å². The van der Waals surface area contributed by atoms with E-state index < -0.39 is 21.8 Å². The number of nitrogens with one attached hydrogen (secondary N) is 2. The van der Waals surface area contributed by atoms with E-state index in [1.807, 2.05) is 0 Å². The fourth-order valence-electron chi connectivity index (χ4n) is 3.37. The lowest BCUT2D eigenvalue weighted by Crippen LogP contribution is -2.46. The summed E-state index contributed by atoms with van der Waals surface area (Å²) in [6, 6.07) is 15.1. The first-order valence-corrected chi connectivity index (χ1v) is 11.1. The van der Waals surface area contributed by atoms with Gasteiger partial charge in [-0.3, -0.25) is 9.59 Å². The highest BCUT2D eigenvalue weighted by molar-refractivity contribution is 7.89. The third-order valence-corrected chi connectivity index (χ3v) is 6.82. The van der Waals surface area contributed by atoms with Crippen LogP contribution in [0.15, 0.2) is 59.5 Å². The van der Waals surface area contributed by atoms with E-state index in [1.165, 1.54) is 11.4 Å². The molecule has 0 aliphatic carbocycles. The lowest BCUT2D eigenvalue weighted by atomic mass is 9.99. The van der Waals surface area contributed by atoms with Crippen molar-refractivity contribution in [2.24, 2.45) is 5.92 Å². The Kier molecular flexibility index (Phi) is 7.07. The number of ether oxygens (including phenoxy) is 1. The van der Waals surface area contributed by atoms with E-state index >= 15 is 0 Å². The Balaban J connectivity index is 1.56. The van der Waals surface area contributed by atoms with Gasteiger partial charge in [0.05, 0.1) is 30.2 Å². The van der Waals surface area contributed by atoms with Gasteiger partial charge in [-0.25, -0.2) is 8.42 Å². The highest BCUT2D eigenvalue weighted by atomic mass is 32.2. The first-order valence-electron chi connectivity index (χ1n) is 9.67. The summed E-state index contributed by atoms with van der Waals surface area (Å²) in [6.45, 7) is 0.255. The predicted molar refractivity (Wildman–Crippen MR) is 113 cm³/mol. The van der Waals surface area contributed by atoms with Crippen LogP contribution in [-0.4, -0.2) is 51.3 Å². The zero-order chi connectivity index (χ0) is 21.6. The first-order chi connectivity index (χ1) is 14.4. The third-order valence-electron chi connectivity index (χ3n) is 4.94. The van der Waals surface area contributed by atoms with Crippen LogP contribution in [0.25, 0.3) is 0 Å². The predicted octanol–water partition coefficient (Wildman–Crippen LogP) is 1.85. The molecule has 0 unspecified atom stereocenters. The Hall–Kier alpha value is -2.91. The molecule has 0 radical (unpaired) electrons. The van der Waals surface area contributed by atoms with Crippen molar-refractivity contribution >= 4 is 27.5 Å². The maximum Gasteiger partial charge on any atom is 0.243 e. The van der Waals surface area contributed by atoms with Gasteiger partial charge in [0.1, 0.15) is 5.75 Å². The number of nitrogens with zero attached hydrogens (tertiary/aromatic N) is 1. The molecule has 1 atom stereocenters. The number of hydrogen-bond donors (Lipinski definition) is 2. The van der Waals surface area contributed by atoms with E-state index in [0.717, 1.165) is 0 Å². The van der Waals surface area contributed by atoms with E-state index in [2.05, 4.69) is 10.6 Å². The molecule has 0 saturated carbocycles. The number of piperidine rings is 1. The Bertz CT molecular complexity index is 995. The molecule has 9 heteroatoms. The molecule has 1 aliphatic heterocycles. The van der Waals surface area contributed by atoms with Gasteiger partial charge in [0.25, 0.3) is 0 Å². The molecular formula is C21H25N3O5S. The van der Waals surface area contributed by atoms with E-state index in [-0.39, 0.29) is 23.9 Å². The van der Waals surface area contributed by atoms with Crippen LogP contribution in [0.3, 0.4) is 0 Å². The van der Waals surface area contributed by atoms with Crippen LogP contribution in [-0.2, 0) is 19.6 Å². The third kappa shape index (κ3) is 5.17. The van der Waals surface area contributed by atoms with E-state index in [1.54, 1.807) is 54.6 Å². The van der Waals surface area contributed by atoms with Gasteiger partial charge in [0.15, 0.2) is 0 Å². The molecular weight excluding hydrogens is 406 g/mol. The Morgan fingerprint density at radius 1 is 1.10 bits per heavy atom. The summed E-state index contributed by atoms with van der Waals surface area (Å²) in [4.78, 5) is 24.9. The number of anilines is 1. The average Bonchev–Trinajstić information content (AvgIpc) is 2.78. The molecule has 2 N–H and O–H groups in total. The number of rotatable bonds is 7. The number of carbonyl (C=O) groups excluding carboxylic acids is 2. The van der Waals surface area contributed by atoms with Gasteiger partial charge in [-0.15, -0.1) is 0 Å². The summed E-state index contributed by atoms with van der Waals surface area (Å²) in [5, 5.41) is 5.30. The van der Waals surface area contributed by atoms with Gasteiger partial charge in [-0.1, -0.05) is 30.3 Å². The number of carbonyl (C=O) groups is 2. The van der Waals surface area contributed by atoms with Crippen LogP contribution < -0.4 is 15.4 Å². The second-order valence-corrected chi connectivity index (χ2v) is 8.92. The minimum Gasteiger partial charge on any atom is -0.495 e. The topological polar surface area (TPSA) is 105 Å². The highest BCUT2D eigenvalue weighted by Gasteiger charge is 2.33. The molecule has 0 spiro atoms. The van der Waals surface area contributed by atoms with Gasteiger partial charge >= 0.3 is 0 Å². The number of hydrogen-bond acceptors (Lipinski definition) is 5. The van der Waals surface area contributed by atoms with Crippen LogP contribution in [0.4, 0.5) is 5.69 Å². The molecule has 1 fully saturated rings. The van der Waals surface area contributed by atoms with E-state index in [9.17, 15) is 18.0 Å². The standard InChI is InChI=1S/C21H25N3O5S/c1-29-19-12-6-5-11-18(19)23-20(25)14-22-21(26)16-8-7-13-24(15-16)30(27,28)17-9-3-2-4-10-17/h2-6,9-12,16H,7-8,13-15H2,1H3,(H,22,26)(H,23,25)/t16-/m0/s1. The van der Waals surface area contributed by atoms with Crippen molar-refractivity contribution in [3.63, 3.8) is 0 Å². The van der Waals surface area contributed by atoms with Crippen LogP contribution in [0.1, 0.15) is 12.8 Å². The lowest BCUT2D eigenvalue weighted by molar-refractivity contribution is -0.128. The maximum atomic E-state index is 12.8. The van der Waals surface area contributed by atoms with Crippen molar-refractivity contribution in [3.8, 4) is 5.75 Å². The summed E-state index contributed by atoms with van der Waals surface area (Å²) >= 11 is 0. The quantitative estimate of drug-likeness (QED) is 0.696. The van der Waals surface area contributed by atoms with Gasteiger partial charge in [0.2, 0.25) is 21.8 Å². The Morgan fingerprint density at radius 3 is 2.53 bits per heavy atom. The summed E-state index contributed by atoms with van der Waals surface area (Å²) in [5.41, 5.74) is 0.511. The minimum absolute atomic E-state index is 0.0944. The number of amides is 2. The zero-order valence-corrected chi connectivity index (χ0v) is 17.5. The van der Waals surface area contributed by atoms with Crippen molar-refractivity contribution in [3.05, 3.63) is 54.6 Å². The number of benzene rings is 2. The SMILES string of the molecule is COc1ccccc1NC(=O)CNC(=O)[C@H]1CCCN(S(=O)(=O)c2ccccc2)C1. The number of para-hydroxylation sites is 2. The molecule has 0 aromatic heterocycles. The van der Waals surface area contributed by atoms with Gasteiger partial charge in [-0.05, 0) is 37.1 Å². The van der Waals surface area contributed by atoms with Gasteiger partial charge < -0.3 is 15.4 Å². The molecule has 30 heavy (non-hydrogen) atoms. The second-order valence-electron chi connectivity index (χ2n) is 6.98. The molecule has 1 aliphatic rings. The van der Waals surface area contributed by atoms with Gasteiger partial charge in [-0.2, -0.15) is 4.31 Å². The van der Waals surface area contributed by atoms with Crippen molar-refractivity contribution in [1.29, 1.82) is 0 Å². The summed E-state index contributed by atoms with van der Waals surface area (Å²) in [7, 11) is -2.14. The zero-order valence-electron chi connectivity index (χ0n) is 16.7. The number of methoxy groups -OCH3 is 1. The Morgan fingerprint density at radius 2 is 1.80 bits per heavy atom. The van der Waals surface area contributed by atoms with Crippen LogP contribution >= 0.6 is 0 Å². The van der Waals surface area contributed by atoms with Crippen molar-refractivity contribution in [2.45, 2.75) is 17.7 Å². The molecule has 2 aromatic rings. The molecule has 1 saturated heterocycles. The van der Waals surface area contributed by atoms with Crippen LogP contribution in [0, 0.1) is 5.92 Å². The maximum absolute atomic E-state index is 12.8. The van der Waals surface area contributed by atoms with E-state index in [0.29, 0.717) is 30.8 Å². The van der Waals surface area contributed by atoms with Crippen LogP contribution in [0.2, 0.25) is 0 Å². The fourth-order valence-corrected chi connectivity index (χ4v) is 4.92. The molecule has 1 heterocycles. The minimum atomic E-state index is -3.65. The highest BCUT2D eigenvalue weighted by Crippen LogP contribution is 2.24. The fraction of sp³-hybridized carbons (Fsp3) is 0.333. The molecule has 2 aromatic carbocycles. The monoisotopic (exact) mass is 431 g/mol. The average molecular weight is 432 g/mol. The second kappa shape index (κ2) is 9.73. The Labute approximate surface area is 176 Å². The first kappa shape index (κ1) is 21.8. The normalized spacial score (nSPS) is 17.2. The van der Waals surface area contributed by atoms with Crippen LogP contribution in [0.5, 0.6) is 5.75 Å².